The number of carbonyl (C=O) groups is 1. The molecule has 22 heavy (non-hydrogen) atoms. The van der Waals surface area contributed by atoms with Crippen LogP contribution in [0.3, 0.4) is 0 Å². The van der Waals surface area contributed by atoms with E-state index in [-0.39, 0.29) is 11.3 Å². The Morgan fingerprint density at radius 1 is 1.27 bits per heavy atom. The number of rotatable bonds is 3. The third kappa shape index (κ3) is 1.89. The molecule has 5 nitrogen and oxygen atoms in total. The van der Waals surface area contributed by atoms with Gasteiger partial charge in [-0.3, -0.25) is 9.48 Å². The van der Waals surface area contributed by atoms with E-state index in [9.17, 15) is 4.79 Å². The Labute approximate surface area is 129 Å². The molecule has 2 aliphatic heterocycles. The summed E-state index contributed by atoms with van der Waals surface area (Å²) in [5.41, 5.74) is 2.91. The molecule has 1 aromatic heterocycles. The summed E-state index contributed by atoms with van der Waals surface area (Å²) in [4.78, 5) is 15.0. The number of hydrogen-bond donors (Lipinski definition) is 1. The molecule has 1 spiro atoms. The van der Waals surface area contributed by atoms with E-state index in [1.54, 1.807) is 0 Å². The molecule has 1 atom stereocenters. The summed E-state index contributed by atoms with van der Waals surface area (Å²) in [5, 5.41) is 7.77. The molecule has 1 saturated heterocycles. The summed E-state index contributed by atoms with van der Waals surface area (Å²) < 4.78 is 1.91. The van der Waals surface area contributed by atoms with E-state index >= 15 is 0 Å². The highest BCUT2D eigenvalue weighted by Crippen LogP contribution is 2.45. The average Bonchev–Trinajstić information content (AvgIpc) is 3.22. The molecule has 3 heterocycles. The Morgan fingerprint density at radius 2 is 2.14 bits per heavy atom. The lowest BCUT2D eigenvalue weighted by Gasteiger charge is -2.22. The van der Waals surface area contributed by atoms with Gasteiger partial charge in [0.05, 0.1) is 17.7 Å². The average molecular weight is 296 g/mol. The van der Waals surface area contributed by atoms with E-state index in [4.69, 9.17) is 0 Å². The summed E-state index contributed by atoms with van der Waals surface area (Å²) >= 11 is 0. The van der Waals surface area contributed by atoms with Crippen molar-refractivity contribution >= 4 is 11.6 Å². The van der Waals surface area contributed by atoms with Gasteiger partial charge in [-0.15, -0.1) is 0 Å². The molecule has 1 amide bonds. The quantitative estimate of drug-likeness (QED) is 0.933. The third-order valence-corrected chi connectivity index (χ3v) is 4.85. The molecule has 2 aromatic rings. The van der Waals surface area contributed by atoms with Gasteiger partial charge in [-0.2, -0.15) is 5.10 Å². The van der Waals surface area contributed by atoms with Crippen LogP contribution in [-0.4, -0.2) is 35.3 Å². The first-order valence-corrected chi connectivity index (χ1v) is 7.83. The summed E-state index contributed by atoms with van der Waals surface area (Å²) in [6, 6.07) is 10.2. The fourth-order valence-electron chi connectivity index (χ4n) is 3.71. The first kappa shape index (κ1) is 13.5. The van der Waals surface area contributed by atoms with Gasteiger partial charge in [0.2, 0.25) is 5.91 Å². The molecule has 0 bridgehead atoms. The third-order valence-electron chi connectivity index (χ3n) is 4.85. The van der Waals surface area contributed by atoms with Crippen LogP contribution in [0.15, 0.2) is 36.5 Å². The van der Waals surface area contributed by atoms with Gasteiger partial charge in [-0.1, -0.05) is 18.2 Å². The fourth-order valence-corrected chi connectivity index (χ4v) is 3.71. The second kappa shape index (κ2) is 4.95. The number of aromatic nitrogens is 2. The number of aryl methyl sites for hydroxylation is 1. The number of nitrogens with zero attached hydrogens (tertiary/aromatic N) is 3. The molecule has 114 valence electrons. The summed E-state index contributed by atoms with van der Waals surface area (Å²) in [6.45, 7) is 5.02. The molecule has 1 fully saturated rings. The summed E-state index contributed by atoms with van der Waals surface area (Å²) in [7, 11) is 0. The van der Waals surface area contributed by atoms with Crippen LogP contribution >= 0.6 is 0 Å². The molecule has 1 unspecified atom stereocenters. The van der Waals surface area contributed by atoms with E-state index in [2.05, 4.69) is 22.5 Å². The van der Waals surface area contributed by atoms with Crippen molar-refractivity contribution in [1.82, 2.24) is 15.1 Å². The van der Waals surface area contributed by atoms with Gasteiger partial charge < -0.3 is 10.2 Å². The van der Waals surface area contributed by atoms with Crippen LogP contribution in [0.1, 0.15) is 17.7 Å². The number of carbonyl (C=O) groups excluding carboxylic acids is 1. The van der Waals surface area contributed by atoms with Gasteiger partial charge >= 0.3 is 0 Å². The largest absolute Gasteiger partial charge is 0.315 e. The molecule has 0 aliphatic carbocycles. The van der Waals surface area contributed by atoms with Gasteiger partial charge in [0.1, 0.15) is 0 Å². The Kier molecular flexibility index (Phi) is 3.04. The molecule has 5 heteroatoms. The van der Waals surface area contributed by atoms with Crippen molar-refractivity contribution in [2.45, 2.75) is 25.3 Å². The number of fused-ring (bicyclic) bond motifs is 2. The van der Waals surface area contributed by atoms with Crippen molar-refractivity contribution in [3.63, 3.8) is 0 Å². The van der Waals surface area contributed by atoms with Crippen LogP contribution < -0.4 is 10.2 Å². The minimum Gasteiger partial charge on any atom is -0.315 e. The maximum atomic E-state index is 13.1. The number of hydrogen-bond acceptors (Lipinski definition) is 3. The standard InChI is InChI=1S/C17H20N4O/c1-13-6-9-20(19-13)10-11-21-15-5-3-2-4-14(15)17(16(21)22)7-8-18-12-17/h2-6,9,18H,7-8,10-12H2,1H3. The lowest BCUT2D eigenvalue weighted by atomic mass is 9.81. The predicted octanol–water partition coefficient (Wildman–Crippen LogP) is 1.47. The molecule has 2 aliphatic rings. The molecule has 0 radical (unpaired) electrons. The highest BCUT2D eigenvalue weighted by Gasteiger charge is 2.51. The van der Waals surface area contributed by atoms with Crippen LogP contribution in [0.5, 0.6) is 0 Å². The minimum absolute atomic E-state index is 0.238. The summed E-state index contributed by atoms with van der Waals surface area (Å²) in [5.74, 6) is 0.238. The van der Waals surface area contributed by atoms with E-state index in [0.29, 0.717) is 6.54 Å². The minimum atomic E-state index is -0.351. The number of para-hydroxylation sites is 1. The normalized spacial score (nSPS) is 23.5. The SMILES string of the molecule is Cc1ccn(CCN2C(=O)C3(CCNC3)c3ccccc32)n1. The second-order valence-corrected chi connectivity index (χ2v) is 6.20. The molecule has 0 saturated carbocycles. The highest BCUT2D eigenvalue weighted by atomic mass is 16.2. The predicted molar refractivity (Wildman–Crippen MR) is 84.9 cm³/mol. The van der Waals surface area contributed by atoms with Crippen molar-refractivity contribution in [2.24, 2.45) is 0 Å². The van der Waals surface area contributed by atoms with Gasteiger partial charge in [0.15, 0.2) is 0 Å². The second-order valence-electron chi connectivity index (χ2n) is 6.20. The molecule has 1 N–H and O–H groups in total. The van der Waals surface area contributed by atoms with Crippen LogP contribution in [0.4, 0.5) is 5.69 Å². The van der Waals surface area contributed by atoms with Crippen molar-refractivity contribution in [3.05, 3.63) is 47.8 Å². The van der Waals surface area contributed by atoms with Crippen LogP contribution in [0.2, 0.25) is 0 Å². The van der Waals surface area contributed by atoms with E-state index in [0.717, 1.165) is 37.4 Å². The first-order valence-electron chi connectivity index (χ1n) is 7.83. The maximum Gasteiger partial charge on any atom is 0.239 e. The maximum absolute atomic E-state index is 13.1. The smallest absolute Gasteiger partial charge is 0.239 e. The molecular formula is C17H20N4O. The van der Waals surface area contributed by atoms with Crippen molar-refractivity contribution in [3.8, 4) is 0 Å². The monoisotopic (exact) mass is 296 g/mol. The van der Waals surface area contributed by atoms with Gasteiger partial charge in [0, 0.05) is 25.0 Å². The van der Waals surface area contributed by atoms with Crippen LogP contribution in [-0.2, 0) is 16.8 Å². The zero-order chi connectivity index (χ0) is 15.2. The fraction of sp³-hybridized carbons (Fsp3) is 0.412. The Morgan fingerprint density at radius 3 is 2.86 bits per heavy atom. The van der Waals surface area contributed by atoms with Gasteiger partial charge in [0.25, 0.3) is 0 Å². The lowest BCUT2D eigenvalue weighted by Crippen LogP contribution is -2.43. The number of nitrogens with one attached hydrogen (secondary N) is 1. The van der Waals surface area contributed by atoms with Crippen LogP contribution in [0.25, 0.3) is 0 Å². The lowest BCUT2D eigenvalue weighted by molar-refractivity contribution is -0.122. The Balaban J connectivity index is 1.64. The van der Waals surface area contributed by atoms with E-state index < -0.39 is 0 Å². The number of anilines is 1. The van der Waals surface area contributed by atoms with Gasteiger partial charge in [-0.05, 0) is 37.6 Å². The van der Waals surface area contributed by atoms with E-state index in [1.165, 1.54) is 5.56 Å². The summed E-state index contributed by atoms with van der Waals surface area (Å²) in [6.07, 6.45) is 2.86. The van der Waals surface area contributed by atoms with Crippen molar-refractivity contribution in [1.29, 1.82) is 0 Å². The molecular weight excluding hydrogens is 276 g/mol. The van der Waals surface area contributed by atoms with Crippen molar-refractivity contribution in [2.75, 3.05) is 24.5 Å². The number of benzene rings is 1. The molecule has 4 rings (SSSR count). The first-order chi connectivity index (χ1) is 10.7. The topological polar surface area (TPSA) is 50.2 Å². The Hall–Kier alpha value is -2.14. The van der Waals surface area contributed by atoms with Crippen molar-refractivity contribution < 1.29 is 4.79 Å². The zero-order valence-electron chi connectivity index (χ0n) is 12.7. The van der Waals surface area contributed by atoms with Gasteiger partial charge in [-0.25, -0.2) is 0 Å². The van der Waals surface area contributed by atoms with Crippen LogP contribution in [0, 0.1) is 6.92 Å². The zero-order valence-corrected chi connectivity index (χ0v) is 12.7. The highest BCUT2D eigenvalue weighted by molar-refractivity contribution is 6.08. The number of amides is 1. The van der Waals surface area contributed by atoms with E-state index in [1.807, 2.05) is 40.9 Å². The Bertz CT molecular complexity index is 715. The molecule has 1 aromatic carbocycles.